The van der Waals surface area contributed by atoms with Gasteiger partial charge in [-0.2, -0.15) is 0 Å². The molecule has 1 N–H and O–H groups in total. The average molecular weight is 266 g/mol. The SMILES string of the molecule is COC(C)(C)c1nc(C2CC2)c(CNC2CC2)s1. The van der Waals surface area contributed by atoms with Crippen molar-refractivity contribution in [1.29, 1.82) is 0 Å². The third-order valence-electron chi connectivity index (χ3n) is 3.85. The predicted molar refractivity (Wildman–Crippen MR) is 74.0 cm³/mol. The molecule has 18 heavy (non-hydrogen) atoms. The van der Waals surface area contributed by atoms with Gasteiger partial charge >= 0.3 is 0 Å². The van der Waals surface area contributed by atoms with E-state index in [2.05, 4.69) is 19.2 Å². The zero-order valence-electron chi connectivity index (χ0n) is 11.5. The highest BCUT2D eigenvalue weighted by molar-refractivity contribution is 7.11. The van der Waals surface area contributed by atoms with E-state index in [4.69, 9.17) is 9.72 Å². The summed E-state index contributed by atoms with van der Waals surface area (Å²) in [6.45, 7) is 5.19. The lowest BCUT2D eigenvalue weighted by Gasteiger charge is -2.19. The second-order valence-corrected chi connectivity index (χ2v) is 7.05. The maximum absolute atomic E-state index is 5.56. The van der Waals surface area contributed by atoms with Crippen molar-refractivity contribution in [3.8, 4) is 0 Å². The van der Waals surface area contributed by atoms with Gasteiger partial charge in [0.1, 0.15) is 10.6 Å². The summed E-state index contributed by atoms with van der Waals surface area (Å²) in [4.78, 5) is 6.30. The number of hydrogen-bond acceptors (Lipinski definition) is 4. The van der Waals surface area contributed by atoms with Crippen LogP contribution in [0, 0.1) is 0 Å². The first-order chi connectivity index (χ1) is 8.60. The topological polar surface area (TPSA) is 34.1 Å². The van der Waals surface area contributed by atoms with Gasteiger partial charge in [-0.25, -0.2) is 4.98 Å². The van der Waals surface area contributed by atoms with Gasteiger partial charge in [-0.3, -0.25) is 0 Å². The van der Waals surface area contributed by atoms with Crippen LogP contribution in [0.15, 0.2) is 0 Å². The molecule has 2 aliphatic rings. The first kappa shape index (κ1) is 12.6. The maximum atomic E-state index is 5.56. The van der Waals surface area contributed by atoms with Crippen molar-refractivity contribution in [3.63, 3.8) is 0 Å². The zero-order chi connectivity index (χ0) is 12.8. The number of nitrogens with zero attached hydrogens (tertiary/aromatic N) is 1. The Hall–Kier alpha value is -0.450. The van der Waals surface area contributed by atoms with Crippen molar-refractivity contribution in [2.45, 2.75) is 63.6 Å². The maximum Gasteiger partial charge on any atom is 0.125 e. The molecule has 3 nitrogen and oxygen atoms in total. The minimum Gasteiger partial charge on any atom is -0.372 e. The molecule has 0 atom stereocenters. The molecule has 0 spiro atoms. The van der Waals surface area contributed by atoms with E-state index in [1.165, 1.54) is 36.3 Å². The summed E-state index contributed by atoms with van der Waals surface area (Å²) in [6.07, 6.45) is 5.31. The Labute approximate surface area is 113 Å². The molecule has 0 bridgehead atoms. The Bertz CT molecular complexity index is 433. The Kier molecular flexibility index (Phi) is 3.20. The first-order valence-electron chi connectivity index (χ1n) is 6.89. The van der Waals surface area contributed by atoms with Crippen LogP contribution in [0.2, 0.25) is 0 Å². The summed E-state index contributed by atoms with van der Waals surface area (Å²) >= 11 is 1.83. The number of nitrogens with one attached hydrogen (secondary N) is 1. The summed E-state index contributed by atoms with van der Waals surface area (Å²) in [5.41, 5.74) is 1.08. The summed E-state index contributed by atoms with van der Waals surface area (Å²) in [7, 11) is 1.76. The molecule has 4 heteroatoms. The highest BCUT2D eigenvalue weighted by atomic mass is 32.1. The van der Waals surface area contributed by atoms with E-state index in [9.17, 15) is 0 Å². The molecule has 1 aromatic heterocycles. The number of thiazole rings is 1. The quantitative estimate of drug-likeness (QED) is 0.859. The number of ether oxygens (including phenoxy) is 1. The fourth-order valence-corrected chi connectivity index (χ4v) is 3.21. The second-order valence-electron chi connectivity index (χ2n) is 5.97. The summed E-state index contributed by atoms with van der Waals surface area (Å²) < 4.78 is 5.56. The van der Waals surface area contributed by atoms with Crippen LogP contribution in [0.1, 0.15) is 61.0 Å². The van der Waals surface area contributed by atoms with Crippen molar-refractivity contribution in [3.05, 3.63) is 15.6 Å². The molecule has 1 aromatic rings. The Morgan fingerprint density at radius 2 is 2.06 bits per heavy atom. The molecule has 0 aliphatic heterocycles. The standard InChI is InChI=1S/C14H22N2OS/c1-14(2,17-3)13-16-12(9-4-5-9)11(18-13)8-15-10-6-7-10/h9-10,15H,4-8H2,1-3H3. The molecule has 0 radical (unpaired) electrons. The lowest BCUT2D eigenvalue weighted by atomic mass is 10.1. The Morgan fingerprint density at radius 1 is 1.33 bits per heavy atom. The van der Waals surface area contributed by atoms with Crippen molar-refractivity contribution < 1.29 is 4.74 Å². The van der Waals surface area contributed by atoms with Gasteiger partial charge in [0.25, 0.3) is 0 Å². The van der Waals surface area contributed by atoms with E-state index in [0.717, 1.165) is 23.5 Å². The van der Waals surface area contributed by atoms with Gasteiger partial charge < -0.3 is 10.1 Å². The third-order valence-corrected chi connectivity index (χ3v) is 5.22. The average Bonchev–Trinajstić information content (AvgIpc) is 3.26. The van der Waals surface area contributed by atoms with E-state index in [1.54, 1.807) is 7.11 Å². The Balaban J connectivity index is 1.80. The number of rotatable bonds is 6. The van der Waals surface area contributed by atoms with Crippen LogP contribution < -0.4 is 5.32 Å². The third kappa shape index (κ3) is 2.60. The van der Waals surface area contributed by atoms with Crippen molar-refractivity contribution in [2.75, 3.05) is 7.11 Å². The fourth-order valence-electron chi connectivity index (χ4n) is 2.04. The lowest BCUT2D eigenvalue weighted by molar-refractivity contribution is 0.0189. The van der Waals surface area contributed by atoms with Crippen molar-refractivity contribution in [1.82, 2.24) is 10.3 Å². The number of aromatic nitrogens is 1. The van der Waals surface area contributed by atoms with Crippen LogP contribution in [0.3, 0.4) is 0 Å². The van der Waals surface area contributed by atoms with Crippen LogP contribution in [-0.4, -0.2) is 18.1 Å². The van der Waals surface area contributed by atoms with Gasteiger partial charge in [-0.1, -0.05) is 0 Å². The molecule has 1 heterocycles. The van der Waals surface area contributed by atoms with Gasteiger partial charge in [0.15, 0.2) is 0 Å². The van der Waals surface area contributed by atoms with Gasteiger partial charge in [-0.05, 0) is 39.5 Å². The molecule has 0 unspecified atom stereocenters. The molecule has 0 aromatic carbocycles. The predicted octanol–water partition coefficient (Wildman–Crippen LogP) is 3.15. The summed E-state index contributed by atoms with van der Waals surface area (Å²) in [6, 6.07) is 0.762. The smallest absolute Gasteiger partial charge is 0.125 e. The molecule has 2 fully saturated rings. The molecule has 2 saturated carbocycles. The van der Waals surface area contributed by atoms with Gasteiger partial charge in [0.05, 0.1) is 5.69 Å². The van der Waals surface area contributed by atoms with Crippen LogP contribution in [0.4, 0.5) is 0 Å². The zero-order valence-corrected chi connectivity index (χ0v) is 12.3. The van der Waals surface area contributed by atoms with Gasteiger partial charge in [-0.15, -0.1) is 11.3 Å². The highest BCUT2D eigenvalue weighted by Gasteiger charge is 2.33. The summed E-state index contributed by atoms with van der Waals surface area (Å²) in [5, 5.41) is 4.73. The molecule has 2 aliphatic carbocycles. The minimum absolute atomic E-state index is 0.258. The van der Waals surface area contributed by atoms with E-state index < -0.39 is 0 Å². The van der Waals surface area contributed by atoms with E-state index in [-0.39, 0.29) is 5.60 Å². The first-order valence-corrected chi connectivity index (χ1v) is 7.70. The molecular formula is C14H22N2OS. The van der Waals surface area contributed by atoms with Gasteiger partial charge in [0, 0.05) is 30.5 Å². The lowest BCUT2D eigenvalue weighted by Crippen LogP contribution is -2.19. The number of hydrogen-bond donors (Lipinski definition) is 1. The largest absolute Gasteiger partial charge is 0.372 e. The summed E-state index contributed by atoms with van der Waals surface area (Å²) in [5.74, 6) is 0.721. The second kappa shape index (κ2) is 4.58. The van der Waals surface area contributed by atoms with Crippen LogP contribution in [-0.2, 0) is 16.9 Å². The monoisotopic (exact) mass is 266 g/mol. The minimum atomic E-state index is -0.258. The molecule has 0 saturated heterocycles. The van der Waals surface area contributed by atoms with Crippen molar-refractivity contribution in [2.24, 2.45) is 0 Å². The van der Waals surface area contributed by atoms with Crippen molar-refractivity contribution >= 4 is 11.3 Å². The van der Waals surface area contributed by atoms with Crippen LogP contribution >= 0.6 is 11.3 Å². The Morgan fingerprint density at radius 3 is 2.61 bits per heavy atom. The fraction of sp³-hybridized carbons (Fsp3) is 0.786. The molecular weight excluding hydrogens is 244 g/mol. The normalized spacial score (nSPS) is 20.4. The van der Waals surface area contributed by atoms with E-state index in [1.807, 2.05) is 11.3 Å². The number of methoxy groups -OCH3 is 1. The molecule has 100 valence electrons. The van der Waals surface area contributed by atoms with Crippen LogP contribution in [0.25, 0.3) is 0 Å². The van der Waals surface area contributed by atoms with E-state index >= 15 is 0 Å². The molecule has 3 rings (SSSR count). The highest BCUT2D eigenvalue weighted by Crippen LogP contribution is 2.44. The molecule has 0 amide bonds. The van der Waals surface area contributed by atoms with Crippen LogP contribution in [0.5, 0.6) is 0 Å². The van der Waals surface area contributed by atoms with Gasteiger partial charge in [0.2, 0.25) is 0 Å². The van der Waals surface area contributed by atoms with E-state index in [0.29, 0.717) is 0 Å².